The molecule has 102 valence electrons. The Morgan fingerprint density at radius 2 is 1.78 bits per heavy atom. The summed E-state index contributed by atoms with van der Waals surface area (Å²) in [5, 5.41) is 6.71. The highest BCUT2D eigenvalue weighted by Gasteiger charge is 2.03. The number of anilines is 1. The Bertz CT molecular complexity index is 318. The molecule has 2 nitrogen and oxygen atoms in total. The Kier molecular flexibility index (Phi) is 6.81. The monoisotopic (exact) mass is 248 g/mol. The summed E-state index contributed by atoms with van der Waals surface area (Å²) >= 11 is 0. The standard InChI is InChI=1S/C16H28N2/c1-5-14(3)15-6-8-16(9-7-15)18-12-13(2)10-11-17-4/h6-9,13-14,17-18H,5,10-12H2,1-4H3. The zero-order valence-electron chi connectivity index (χ0n) is 12.3. The van der Waals surface area contributed by atoms with Gasteiger partial charge in [0.15, 0.2) is 0 Å². The first-order valence-corrected chi connectivity index (χ1v) is 7.15. The Morgan fingerprint density at radius 1 is 1.11 bits per heavy atom. The highest BCUT2D eigenvalue weighted by Crippen LogP contribution is 2.20. The summed E-state index contributed by atoms with van der Waals surface area (Å²) in [5.41, 5.74) is 2.67. The molecule has 0 spiro atoms. The minimum Gasteiger partial charge on any atom is -0.385 e. The van der Waals surface area contributed by atoms with Crippen molar-refractivity contribution in [2.24, 2.45) is 5.92 Å². The second-order valence-electron chi connectivity index (χ2n) is 5.31. The zero-order chi connectivity index (χ0) is 13.4. The van der Waals surface area contributed by atoms with Crippen LogP contribution in [0.15, 0.2) is 24.3 Å². The van der Waals surface area contributed by atoms with Gasteiger partial charge in [0.25, 0.3) is 0 Å². The fraction of sp³-hybridized carbons (Fsp3) is 0.625. The summed E-state index contributed by atoms with van der Waals surface area (Å²) in [5.74, 6) is 1.36. The van der Waals surface area contributed by atoms with Gasteiger partial charge in [-0.15, -0.1) is 0 Å². The van der Waals surface area contributed by atoms with Gasteiger partial charge in [0.1, 0.15) is 0 Å². The summed E-state index contributed by atoms with van der Waals surface area (Å²) in [6.45, 7) is 8.94. The molecule has 0 saturated carbocycles. The first kappa shape index (κ1) is 15.0. The van der Waals surface area contributed by atoms with Gasteiger partial charge in [-0.3, -0.25) is 0 Å². The van der Waals surface area contributed by atoms with Gasteiger partial charge in [-0.25, -0.2) is 0 Å². The van der Waals surface area contributed by atoms with Crippen molar-refractivity contribution in [3.8, 4) is 0 Å². The van der Waals surface area contributed by atoms with E-state index in [9.17, 15) is 0 Å². The maximum absolute atomic E-state index is 3.51. The predicted molar refractivity (Wildman–Crippen MR) is 81.3 cm³/mol. The third kappa shape index (κ3) is 5.09. The highest BCUT2D eigenvalue weighted by atomic mass is 14.9. The molecular weight excluding hydrogens is 220 g/mol. The van der Waals surface area contributed by atoms with Crippen molar-refractivity contribution in [2.75, 3.05) is 25.5 Å². The lowest BCUT2D eigenvalue weighted by Crippen LogP contribution is -2.17. The maximum Gasteiger partial charge on any atom is 0.0340 e. The van der Waals surface area contributed by atoms with Crippen molar-refractivity contribution in [1.82, 2.24) is 5.32 Å². The Balaban J connectivity index is 2.39. The minimum absolute atomic E-state index is 0.661. The third-order valence-corrected chi connectivity index (χ3v) is 3.63. The maximum atomic E-state index is 3.51. The van der Waals surface area contributed by atoms with E-state index in [1.165, 1.54) is 24.1 Å². The number of hydrogen-bond donors (Lipinski definition) is 2. The first-order valence-electron chi connectivity index (χ1n) is 7.15. The van der Waals surface area contributed by atoms with E-state index in [0.717, 1.165) is 13.1 Å². The summed E-state index contributed by atoms with van der Waals surface area (Å²) in [7, 11) is 2.01. The fourth-order valence-corrected chi connectivity index (χ4v) is 1.95. The van der Waals surface area contributed by atoms with Gasteiger partial charge >= 0.3 is 0 Å². The van der Waals surface area contributed by atoms with Crippen LogP contribution < -0.4 is 10.6 Å². The van der Waals surface area contributed by atoms with E-state index in [4.69, 9.17) is 0 Å². The van der Waals surface area contributed by atoms with Crippen molar-refractivity contribution in [2.45, 2.75) is 39.5 Å². The lowest BCUT2D eigenvalue weighted by molar-refractivity contribution is 0.540. The molecule has 0 aromatic heterocycles. The summed E-state index contributed by atoms with van der Waals surface area (Å²) in [6, 6.07) is 8.89. The van der Waals surface area contributed by atoms with Crippen LogP contribution in [0.3, 0.4) is 0 Å². The van der Waals surface area contributed by atoms with Crippen molar-refractivity contribution in [3.63, 3.8) is 0 Å². The van der Waals surface area contributed by atoms with E-state index in [0.29, 0.717) is 11.8 Å². The van der Waals surface area contributed by atoms with Crippen LogP contribution in [0.25, 0.3) is 0 Å². The molecule has 0 heterocycles. The van der Waals surface area contributed by atoms with Crippen LogP contribution >= 0.6 is 0 Å². The molecule has 2 atom stereocenters. The van der Waals surface area contributed by atoms with Crippen LogP contribution in [0.4, 0.5) is 5.69 Å². The van der Waals surface area contributed by atoms with Gasteiger partial charge in [0, 0.05) is 12.2 Å². The third-order valence-electron chi connectivity index (χ3n) is 3.63. The topological polar surface area (TPSA) is 24.1 Å². The van der Waals surface area contributed by atoms with E-state index in [1.54, 1.807) is 0 Å². The molecule has 1 rings (SSSR count). The average molecular weight is 248 g/mol. The van der Waals surface area contributed by atoms with E-state index in [-0.39, 0.29) is 0 Å². The lowest BCUT2D eigenvalue weighted by Gasteiger charge is -2.14. The van der Waals surface area contributed by atoms with E-state index >= 15 is 0 Å². The molecule has 0 saturated heterocycles. The number of rotatable bonds is 8. The van der Waals surface area contributed by atoms with Crippen molar-refractivity contribution < 1.29 is 0 Å². The number of nitrogens with one attached hydrogen (secondary N) is 2. The molecule has 2 unspecified atom stereocenters. The first-order chi connectivity index (χ1) is 8.67. The molecule has 1 aromatic carbocycles. The largest absolute Gasteiger partial charge is 0.385 e. The molecule has 0 radical (unpaired) electrons. The second-order valence-corrected chi connectivity index (χ2v) is 5.31. The molecule has 0 aliphatic rings. The van der Waals surface area contributed by atoms with Gasteiger partial charge in [-0.2, -0.15) is 0 Å². The van der Waals surface area contributed by atoms with Crippen molar-refractivity contribution >= 4 is 5.69 Å². The SMILES string of the molecule is CCC(C)c1ccc(NCC(C)CCNC)cc1. The molecule has 0 fully saturated rings. The quantitative estimate of drug-likeness (QED) is 0.730. The van der Waals surface area contributed by atoms with Crippen LogP contribution in [0, 0.1) is 5.92 Å². The molecule has 2 heteroatoms. The predicted octanol–water partition coefficient (Wildman–Crippen LogP) is 3.86. The van der Waals surface area contributed by atoms with Crippen LogP contribution in [-0.4, -0.2) is 20.1 Å². The van der Waals surface area contributed by atoms with Gasteiger partial charge in [0.2, 0.25) is 0 Å². The molecule has 0 amide bonds. The van der Waals surface area contributed by atoms with Crippen LogP contribution in [0.2, 0.25) is 0 Å². The molecule has 1 aromatic rings. The van der Waals surface area contributed by atoms with E-state index in [1.807, 2.05) is 7.05 Å². The lowest BCUT2D eigenvalue weighted by atomic mass is 9.98. The molecule has 2 N–H and O–H groups in total. The Hall–Kier alpha value is -1.02. The number of benzene rings is 1. The van der Waals surface area contributed by atoms with Gasteiger partial charge in [0.05, 0.1) is 0 Å². The smallest absolute Gasteiger partial charge is 0.0340 e. The fourth-order valence-electron chi connectivity index (χ4n) is 1.95. The van der Waals surface area contributed by atoms with Gasteiger partial charge in [-0.05, 0) is 56.0 Å². The van der Waals surface area contributed by atoms with Crippen molar-refractivity contribution in [1.29, 1.82) is 0 Å². The van der Waals surface area contributed by atoms with Crippen LogP contribution in [-0.2, 0) is 0 Å². The molecule has 0 aliphatic heterocycles. The zero-order valence-corrected chi connectivity index (χ0v) is 12.3. The van der Waals surface area contributed by atoms with Gasteiger partial charge < -0.3 is 10.6 Å². The number of hydrogen-bond acceptors (Lipinski definition) is 2. The van der Waals surface area contributed by atoms with Crippen LogP contribution in [0.5, 0.6) is 0 Å². The molecule has 0 bridgehead atoms. The van der Waals surface area contributed by atoms with E-state index < -0.39 is 0 Å². The summed E-state index contributed by atoms with van der Waals surface area (Å²) in [6.07, 6.45) is 2.42. The van der Waals surface area contributed by atoms with Crippen molar-refractivity contribution in [3.05, 3.63) is 29.8 Å². The molecule has 0 aliphatic carbocycles. The summed E-state index contributed by atoms with van der Waals surface area (Å²) in [4.78, 5) is 0. The summed E-state index contributed by atoms with van der Waals surface area (Å²) < 4.78 is 0. The highest BCUT2D eigenvalue weighted by molar-refractivity contribution is 5.45. The van der Waals surface area contributed by atoms with E-state index in [2.05, 4.69) is 55.7 Å². The molecular formula is C16H28N2. The average Bonchev–Trinajstić information content (AvgIpc) is 2.42. The van der Waals surface area contributed by atoms with Crippen LogP contribution in [0.1, 0.15) is 45.1 Å². The Labute approximate surface area is 112 Å². The Morgan fingerprint density at radius 3 is 2.33 bits per heavy atom. The second kappa shape index (κ2) is 8.15. The normalized spacial score (nSPS) is 14.2. The van der Waals surface area contributed by atoms with Gasteiger partial charge in [-0.1, -0.05) is 32.9 Å². The minimum atomic E-state index is 0.661. The molecule has 18 heavy (non-hydrogen) atoms.